The standard InChI is InChI=1S/C15H20O2/c1-11-3-4-12(2)13(9-11)10-15(17)7-5-14(16)6-8-15/h3-4,9,17H,5-8,10H2,1-2H3. The lowest BCUT2D eigenvalue weighted by atomic mass is 9.79. The number of ketones is 1. The summed E-state index contributed by atoms with van der Waals surface area (Å²) >= 11 is 0. The van der Waals surface area contributed by atoms with Gasteiger partial charge in [0.15, 0.2) is 0 Å². The Bertz CT molecular complexity index is 425. The highest BCUT2D eigenvalue weighted by molar-refractivity contribution is 5.79. The molecule has 1 aromatic carbocycles. The van der Waals surface area contributed by atoms with Crippen LogP contribution in [0.25, 0.3) is 0 Å². The smallest absolute Gasteiger partial charge is 0.133 e. The number of aryl methyl sites for hydroxylation is 2. The zero-order valence-electron chi connectivity index (χ0n) is 10.6. The summed E-state index contributed by atoms with van der Waals surface area (Å²) in [6, 6.07) is 6.33. The fraction of sp³-hybridized carbons (Fsp3) is 0.533. The molecule has 0 spiro atoms. The summed E-state index contributed by atoms with van der Waals surface area (Å²) in [6.07, 6.45) is 2.95. The number of aliphatic hydroxyl groups is 1. The monoisotopic (exact) mass is 232 g/mol. The summed E-state index contributed by atoms with van der Waals surface area (Å²) in [5.74, 6) is 0.288. The fourth-order valence-electron chi connectivity index (χ4n) is 2.52. The first-order chi connectivity index (χ1) is 7.98. The summed E-state index contributed by atoms with van der Waals surface area (Å²) in [7, 11) is 0. The molecular formula is C15H20O2. The molecule has 1 N–H and O–H groups in total. The fourth-order valence-corrected chi connectivity index (χ4v) is 2.52. The van der Waals surface area contributed by atoms with Crippen LogP contribution in [0.15, 0.2) is 18.2 Å². The van der Waals surface area contributed by atoms with Gasteiger partial charge in [0, 0.05) is 19.3 Å². The van der Waals surface area contributed by atoms with Crippen molar-refractivity contribution in [2.75, 3.05) is 0 Å². The maximum Gasteiger partial charge on any atom is 0.133 e. The molecule has 0 aromatic heterocycles. The first-order valence-corrected chi connectivity index (χ1v) is 6.29. The van der Waals surface area contributed by atoms with E-state index in [-0.39, 0.29) is 5.78 Å². The van der Waals surface area contributed by atoms with E-state index in [0.717, 1.165) is 0 Å². The Labute approximate surface area is 103 Å². The number of benzene rings is 1. The molecule has 0 aliphatic heterocycles. The molecule has 0 heterocycles. The highest BCUT2D eigenvalue weighted by atomic mass is 16.3. The highest BCUT2D eigenvalue weighted by Gasteiger charge is 2.32. The van der Waals surface area contributed by atoms with Crippen molar-refractivity contribution in [1.29, 1.82) is 0 Å². The normalized spacial score (nSPS) is 19.4. The van der Waals surface area contributed by atoms with E-state index in [1.807, 2.05) is 0 Å². The van der Waals surface area contributed by atoms with Crippen molar-refractivity contribution in [2.45, 2.75) is 51.6 Å². The van der Waals surface area contributed by atoms with Crippen molar-refractivity contribution < 1.29 is 9.90 Å². The second-order valence-corrected chi connectivity index (χ2v) is 5.37. The van der Waals surface area contributed by atoms with Crippen molar-refractivity contribution >= 4 is 5.78 Å². The number of hydrogen-bond acceptors (Lipinski definition) is 2. The zero-order chi connectivity index (χ0) is 12.5. The summed E-state index contributed by atoms with van der Waals surface area (Å²) in [5.41, 5.74) is 2.98. The number of carbonyl (C=O) groups excluding carboxylic acids is 1. The van der Waals surface area contributed by atoms with E-state index in [0.29, 0.717) is 32.1 Å². The van der Waals surface area contributed by atoms with E-state index in [9.17, 15) is 9.90 Å². The van der Waals surface area contributed by atoms with Gasteiger partial charge in [-0.2, -0.15) is 0 Å². The second kappa shape index (κ2) is 4.61. The third-order valence-corrected chi connectivity index (χ3v) is 3.76. The molecule has 1 aliphatic rings. The zero-order valence-corrected chi connectivity index (χ0v) is 10.6. The Kier molecular flexibility index (Phi) is 3.34. The molecule has 1 fully saturated rings. The van der Waals surface area contributed by atoms with E-state index in [1.165, 1.54) is 16.7 Å². The predicted octanol–water partition coefficient (Wildman–Crippen LogP) is 2.72. The summed E-state index contributed by atoms with van der Waals surface area (Å²) < 4.78 is 0. The van der Waals surface area contributed by atoms with Crippen LogP contribution < -0.4 is 0 Å². The van der Waals surface area contributed by atoms with Gasteiger partial charge in [-0.3, -0.25) is 4.79 Å². The molecule has 1 aromatic rings. The molecule has 2 heteroatoms. The minimum Gasteiger partial charge on any atom is -0.390 e. The molecule has 2 nitrogen and oxygen atoms in total. The Balaban J connectivity index is 2.14. The van der Waals surface area contributed by atoms with Crippen molar-refractivity contribution in [2.24, 2.45) is 0 Å². The van der Waals surface area contributed by atoms with Crippen LogP contribution in [0.4, 0.5) is 0 Å². The third-order valence-electron chi connectivity index (χ3n) is 3.76. The van der Waals surface area contributed by atoms with E-state index in [1.54, 1.807) is 0 Å². The number of hydrogen-bond donors (Lipinski definition) is 1. The number of rotatable bonds is 2. The lowest BCUT2D eigenvalue weighted by Crippen LogP contribution is -2.36. The SMILES string of the molecule is Cc1ccc(C)c(CC2(O)CCC(=O)CC2)c1. The van der Waals surface area contributed by atoms with Gasteiger partial charge in [0.2, 0.25) is 0 Å². The summed E-state index contributed by atoms with van der Waals surface area (Å²) in [5, 5.41) is 10.5. The van der Waals surface area contributed by atoms with Crippen LogP contribution in [-0.4, -0.2) is 16.5 Å². The quantitative estimate of drug-likeness (QED) is 0.851. The number of Topliss-reactive ketones (excluding diaryl/α,β-unsaturated/α-hetero) is 1. The molecule has 2 rings (SSSR count). The highest BCUT2D eigenvalue weighted by Crippen LogP contribution is 2.30. The van der Waals surface area contributed by atoms with Gasteiger partial charge in [-0.05, 0) is 37.8 Å². The van der Waals surface area contributed by atoms with Crippen LogP contribution in [0.2, 0.25) is 0 Å². The number of carbonyl (C=O) groups is 1. The van der Waals surface area contributed by atoms with E-state index in [4.69, 9.17) is 0 Å². The molecule has 0 bridgehead atoms. The minimum atomic E-state index is -0.674. The Morgan fingerprint density at radius 2 is 1.88 bits per heavy atom. The van der Waals surface area contributed by atoms with Gasteiger partial charge in [-0.25, -0.2) is 0 Å². The molecular weight excluding hydrogens is 212 g/mol. The van der Waals surface area contributed by atoms with Crippen LogP contribution >= 0.6 is 0 Å². The molecule has 0 amide bonds. The van der Waals surface area contributed by atoms with E-state index >= 15 is 0 Å². The minimum absolute atomic E-state index is 0.288. The van der Waals surface area contributed by atoms with Crippen LogP contribution in [0.1, 0.15) is 42.4 Å². The summed E-state index contributed by atoms with van der Waals surface area (Å²) in [6.45, 7) is 4.14. The lowest BCUT2D eigenvalue weighted by molar-refractivity contribution is -0.125. The predicted molar refractivity (Wildman–Crippen MR) is 68.0 cm³/mol. The van der Waals surface area contributed by atoms with Crippen molar-refractivity contribution in [3.63, 3.8) is 0 Å². The van der Waals surface area contributed by atoms with Gasteiger partial charge in [-0.15, -0.1) is 0 Å². The first-order valence-electron chi connectivity index (χ1n) is 6.29. The summed E-state index contributed by atoms with van der Waals surface area (Å²) in [4.78, 5) is 11.2. The van der Waals surface area contributed by atoms with Crippen molar-refractivity contribution in [3.05, 3.63) is 34.9 Å². The van der Waals surface area contributed by atoms with Crippen LogP contribution in [0.5, 0.6) is 0 Å². The topological polar surface area (TPSA) is 37.3 Å². The van der Waals surface area contributed by atoms with Crippen molar-refractivity contribution in [3.8, 4) is 0 Å². The van der Waals surface area contributed by atoms with Crippen molar-refractivity contribution in [1.82, 2.24) is 0 Å². The molecule has 1 saturated carbocycles. The Morgan fingerprint density at radius 1 is 1.24 bits per heavy atom. The molecule has 17 heavy (non-hydrogen) atoms. The van der Waals surface area contributed by atoms with Crippen LogP contribution in [-0.2, 0) is 11.2 Å². The lowest BCUT2D eigenvalue weighted by Gasteiger charge is -2.32. The Hall–Kier alpha value is -1.15. The molecule has 0 atom stereocenters. The van der Waals surface area contributed by atoms with Gasteiger partial charge in [0.25, 0.3) is 0 Å². The average Bonchev–Trinajstić information content (AvgIpc) is 2.28. The third kappa shape index (κ3) is 2.95. The molecule has 1 aliphatic carbocycles. The second-order valence-electron chi connectivity index (χ2n) is 5.37. The van der Waals surface area contributed by atoms with Gasteiger partial charge in [-0.1, -0.05) is 23.8 Å². The van der Waals surface area contributed by atoms with Crippen LogP contribution in [0, 0.1) is 13.8 Å². The molecule has 0 unspecified atom stereocenters. The van der Waals surface area contributed by atoms with Gasteiger partial charge >= 0.3 is 0 Å². The van der Waals surface area contributed by atoms with Crippen LogP contribution in [0.3, 0.4) is 0 Å². The maximum atomic E-state index is 11.2. The molecule has 0 saturated heterocycles. The Morgan fingerprint density at radius 3 is 2.53 bits per heavy atom. The van der Waals surface area contributed by atoms with Gasteiger partial charge in [0.05, 0.1) is 5.60 Å². The van der Waals surface area contributed by atoms with Gasteiger partial charge in [0.1, 0.15) is 5.78 Å². The first kappa shape index (κ1) is 12.3. The van der Waals surface area contributed by atoms with E-state index < -0.39 is 5.60 Å². The maximum absolute atomic E-state index is 11.2. The van der Waals surface area contributed by atoms with E-state index in [2.05, 4.69) is 32.0 Å². The average molecular weight is 232 g/mol. The molecule has 92 valence electrons. The molecule has 0 radical (unpaired) electrons. The van der Waals surface area contributed by atoms with Gasteiger partial charge < -0.3 is 5.11 Å². The largest absolute Gasteiger partial charge is 0.390 e.